The number of aryl methyl sites for hydroxylation is 1. The Balaban J connectivity index is 0.00000261. The summed E-state index contributed by atoms with van der Waals surface area (Å²) in [6.07, 6.45) is 5.85. The number of hydrogen-bond donors (Lipinski definition) is 1. The van der Waals surface area contributed by atoms with Crippen molar-refractivity contribution in [1.82, 2.24) is 24.6 Å². The molecule has 0 spiro atoms. The van der Waals surface area contributed by atoms with Crippen LogP contribution in [0.5, 0.6) is 0 Å². The van der Waals surface area contributed by atoms with Gasteiger partial charge in [-0.1, -0.05) is 24.3 Å². The molecule has 0 bridgehead atoms. The molecule has 0 aliphatic carbocycles. The second kappa shape index (κ2) is 10.1. The highest BCUT2D eigenvalue weighted by molar-refractivity contribution is 14.0. The molecule has 0 amide bonds. The van der Waals surface area contributed by atoms with E-state index in [1.807, 2.05) is 24.0 Å². The SMILES string of the molecule is CN=C(NCc1ccccc1Cn1cccn1)N(C)Cc1cccn1C.I. The summed E-state index contributed by atoms with van der Waals surface area (Å²) < 4.78 is 4.07. The second-order valence-corrected chi connectivity index (χ2v) is 6.34. The number of aliphatic imine (C=N–C) groups is 1. The number of nitrogens with zero attached hydrogens (tertiary/aromatic N) is 5. The van der Waals surface area contributed by atoms with Crippen molar-refractivity contribution < 1.29 is 0 Å². The highest BCUT2D eigenvalue weighted by Crippen LogP contribution is 2.11. The van der Waals surface area contributed by atoms with Gasteiger partial charge in [0.15, 0.2) is 5.96 Å². The first-order valence-electron chi connectivity index (χ1n) is 8.73. The van der Waals surface area contributed by atoms with Gasteiger partial charge in [0.05, 0.1) is 13.1 Å². The van der Waals surface area contributed by atoms with Crippen molar-refractivity contribution in [2.45, 2.75) is 19.6 Å². The highest BCUT2D eigenvalue weighted by atomic mass is 127. The van der Waals surface area contributed by atoms with Crippen LogP contribution in [0.2, 0.25) is 0 Å². The normalized spacial score (nSPS) is 11.1. The molecular formula is C20H27IN6. The minimum atomic E-state index is 0. The lowest BCUT2D eigenvalue weighted by molar-refractivity contribution is 0.461. The van der Waals surface area contributed by atoms with Crippen molar-refractivity contribution in [1.29, 1.82) is 0 Å². The molecule has 0 unspecified atom stereocenters. The quantitative estimate of drug-likeness (QED) is 0.337. The molecule has 0 radical (unpaired) electrons. The molecule has 0 atom stereocenters. The van der Waals surface area contributed by atoms with Crippen LogP contribution in [0.25, 0.3) is 0 Å². The molecule has 0 aliphatic heterocycles. The Bertz CT molecular complexity index is 853. The Morgan fingerprint density at radius 3 is 2.52 bits per heavy atom. The lowest BCUT2D eigenvalue weighted by Gasteiger charge is -2.23. The summed E-state index contributed by atoms with van der Waals surface area (Å²) in [6, 6.07) is 14.6. The third kappa shape index (κ3) is 5.59. The summed E-state index contributed by atoms with van der Waals surface area (Å²) >= 11 is 0. The molecule has 0 saturated heterocycles. The van der Waals surface area contributed by atoms with Gasteiger partial charge in [0, 0.05) is 52.0 Å². The highest BCUT2D eigenvalue weighted by Gasteiger charge is 2.10. The van der Waals surface area contributed by atoms with E-state index >= 15 is 0 Å². The fourth-order valence-electron chi connectivity index (χ4n) is 2.99. The number of benzene rings is 1. The van der Waals surface area contributed by atoms with Gasteiger partial charge in [-0.15, -0.1) is 24.0 Å². The van der Waals surface area contributed by atoms with Crippen LogP contribution >= 0.6 is 24.0 Å². The maximum Gasteiger partial charge on any atom is 0.194 e. The summed E-state index contributed by atoms with van der Waals surface area (Å²) in [5, 5.41) is 7.78. The minimum absolute atomic E-state index is 0. The van der Waals surface area contributed by atoms with E-state index in [1.54, 1.807) is 6.20 Å². The topological polar surface area (TPSA) is 50.4 Å². The predicted octanol–water partition coefficient (Wildman–Crippen LogP) is 3.10. The summed E-state index contributed by atoms with van der Waals surface area (Å²) in [5.74, 6) is 0.875. The fourth-order valence-corrected chi connectivity index (χ4v) is 2.99. The standard InChI is InChI=1S/C20H26N6.HI/c1-21-20(25(3)16-19-10-6-12-24(19)2)22-14-17-8-4-5-9-18(17)15-26-13-7-11-23-26;/h4-13H,14-16H2,1-3H3,(H,21,22);1H. The Morgan fingerprint density at radius 1 is 1.11 bits per heavy atom. The van der Waals surface area contributed by atoms with Crippen molar-refractivity contribution in [3.8, 4) is 0 Å². The molecule has 144 valence electrons. The third-order valence-corrected chi connectivity index (χ3v) is 4.47. The first-order valence-corrected chi connectivity index (χ1v) is 8.73. The smallest absolute Gasteiger partial charge is 0.194 e. The van der Waals surface area contributed by atoms with Gasteiger partial charge >= 0.3 is 0 Å². The van der Waals surface area contributed by atoms with E-state index in [1.165, 1.54) is 16.8 Å². The van der Waals surface area contributed by atoms with E-state index in [0.717, 1.165) is 25.6 Å². The van der Waals surface area contributed by atoms with Gasteiger partial charge in [0.25, 0.3) is 0 Å². The van der Waals surface area contributed by atoms with E-state index < -0.39 is 0 Å². The lowest BCUT2D eigenvalue weighted by Crippen LogP contribution is -2.38. The van der Waals surface area contributed by atoms with Gasteiger partial charge in [0.1, 0.15) is 0 Å². The van der Waals surface area contributed by atoms with E-state index in [-0.39, 0.29) is 24.0 Å². The summed E-state index contributed by atoms with van der Waals surface area (Å²) in [7, 11) is 5.93. The molecule has 3 rings (SSSR count). The molecule has 7 heteroatoms. The van der Waals surface area contributed by atoms with Crippen LogP contribution in [0.4, 0.5) is 0 Å². The summed E-state index contributed by atoms with van der Waals surface area (Å²) in [6.45, 7) is 2.29. The molecule has 2 heterocycles. The van der Waals surface area contributed by atoms with Gasteiger partial charge in [-0.25, -0.2) is 0 Å². The van der Waals surface area contributed by atoms with Crippen LogP contribution in [0.15, 0.2) is 66.0 Å². The van der Waals surface area contributed by atoms with Crippen molar-refractivity contribution in [3.63, 3.8) is 0 Å². The van der Waals surface area contributed by atoms with Crippen molar-refractivity contribution in [3.05, 3.63) is 77.9 Å². The molecule has 27 heavy (non-hydrogen) atoms. The zero-order chi connectivity index (χ0) is 18.4. The van der Waals surface area contributed by atoms with Crippen LogP contribution < -0.4 is 5.32 Å². The monoisotopic (exact) mass is 478 g/mol. The van der Waals surface area contributed by atoms with Crippen LogP contribution in [-0.4, -0.2) is 39.3 Å². The van der Waals surface area contributed by atoms with Crippen LogP contribution in [0, 0.1) is 0 Å². The van der Waals surface area contributed by atoms with E-state index in [9.17, 15) is 0 Å². The largest absolute Gasteiger partial charge is 0.353 e. The molecule has 0 fully saturated rings. The van der Waals surface area contributed by atoms with Crippen LogP contribution in [0.1, 0.15) is 16.8 Å². The van der Waals surface area contributed by atoms with Crippen LogP contribution in [-0.2, 0) is 26.7 Å². The zero-order valence-corrected chi connectivity index (χ0v) is 18.4. The molecule has 2 aromatic heterocycles. The minimum Gasteiger partial charge on any atom is -0.353 e. The van der Waals surface area contributed by atoms with Gasteiger partial charge in [-0.3, -0.25) is 9.67 Å². The van der Waals surface area contributed by atoms with Gasteiger partial charge in [-0.2, -0.15) is 5.10 Å². The molecule has 1 aromatic carbocycles. The molecule has 1 N–H and O–H groups in total. The van der Waals surface area contributed by atoms with E-state index in [4.69, 9.17) is 0 Å². The molecule has 6 nitrogen and oxygen atoms in total. The van der Waals surface area contributed by atoms with Gasteiger partial charge in [0.2, 0.25) is 0 Å². The van der Waals surface area contributed by atoms with Gasteiger partial charge in [-0.05, 0) is 29.3 Å². The fraction of sp³-hybridized carbons (Fsp3) is 0.300. The summed E-state index contributed by atoms with van der Waals surface area (Å²) in [4.78, 5) is 6.55. The summed E-state index contributed by atoms with van der Waals surface area (Å²) in [5.41, 5.74) is 3.75. The maximum absolute atomic E-state index is 4.42. The Labute approximate surface area is 177 Å². The van der Waals surface area contributed by atoms with Crippen molar-refractivity contribution >= 4 is 29.9 Å². The van der Waals surface area contributed by atoms with Gasteiger partial charge < -0.3 is 14.8 Å². The number of guanidine groups is 1. The van der Waals surface area contributed by atoms with E-state index in [0.29, 0.717) is 0 Å². The van der Waals surface area contributed by atoms with Crippen molar-refractivity contribution in [2.24, 2.45) is 12.0 Å². The number of rotatable bonds is 6. The Morgan fingerprint density at radius 2 is 1.89 bits per heavy atom. The van der Waals surface area contributed by atoms with Crippen LogP contribution in [0.3, 0.4) is 0 Å². The first kappa shape index (κ1) is 21.0. The Hall–Kier alpha value is -2.29. The number of aromatic nitrogens is 3. The lowest BCUT2D eigenvalue weighted by atomic mass is 10.1. The molecule has 0 aliphatic rings. The molecule has 0 saturated carbocycles. The first-order chi connectivity index (χ1) is 12.7. The third-order valence-electron chi connectivity index (χ3n) is 4.47. The maximum atomic E-state index is 4.42. The average Bonchev–Trinajstić information content (AvgIpc) is 3.29. The number of nitrogens with one attached hydrogen (secondary N) is 1. The zero-order valence-electron chi connectivity index (χ0n) is 16.0. The predicted molar refractivity (Wildman–Crippen MR) is 120 cm³/mol. The molecule has 3 aromatic rings. The number of halogens is 1. The molecular weight excluding hydrogens is 451 g/mol. The average molecular weight is 478 g/mol. The second-order valence-electron chi connectivity index (χ2n) is 6.34. The van der Waals surface area contributed by atoms with E-state index in [2.05, 4.69) is 81.6 Å². The van der Waals surface area contributed by atoms with Crippen molar-refractivity contribution in [2.75, 3.05) is 14.1 Å². The Kier molecular flexibility index (Phi) is 7.90. The number of hydrogen-bond acceptors (Lipinski definition) is 2.